The van der Waals surface area contributed by atoms with Crippen molar-refractivity contribution in [2.45, 2.75) is 103 Å². The molecule has 0 rings (SSSR count). The predicted octanol–water partition coefficient (Wildman–Crippen LogP) is 4.87. The highest BCUT2D eigenvalue weighted by atomic mass is 16.3. The summed E-state index contributed by atoms with van der Waals surface area (Å²) in [6.45, 7) is 2.12. The molecule has 1 amide bonds. The zero-order chi connectivity index (χ0) is 19.5. The number of unbranched alkanes of at least 4 members (excludes halogenated alkanes) is 10. The summed E-state index contributed by atoms with van der Waals surface area (Å²) in [6.07, 6.45) is 20.7. The molecule has 0 aromatic heterocycles. The minimum Gasteiger partial charge on any atom is -0.396 e. The van der Waals surface area contributed by atoms with Crippen LogP contribution in [-0.2, 0) is 4.79 Å². The van der Waals surface area contributed by atoms with Gasteiger partial charge in [-0.2, -0.15) is 0 Å². The molecule has 154 valence electrons. The van der Waals surface area contributed by atoms with Gasteiger partial charge in [0.25, 0.3) is 0 Å². The SMILES string of the molecule is CCCCCCCC/C=C\CCCCCCC(CCO)(CCO)C(N)=O. The second kappa shape index (κ2) is 17.5. The van der Waals surface area contributed by atoms with Gasteiger partial charge in [-0.05, 0) is 44.9 Å². The van der Waals surface area contributed by atoms with E-state index in [1.54, 1.807) is 0 Å². The third-order valence-corrected chi connectivity index (χ3v) is 5.37. The molecule has 0 aromatic rings. The van der Waals surface area contributed by atoms with Crippen LogP contribution in [0.2, 0.25) is 0 Å². The Kier molecular flexibility index (Phi) is 17.0. The van der Waals surface area contributed by atoms with E-state index in [0.29, 0.717) is 19.3 Å². The Hall–Kier alpha value is -0.870. The lowest BCUT2D eigenvalue weighted by atomic mass is 9.76. The molecule has 4 N–H and O–H groups in total. The fraction of sp³-hybridized carbons (Fsp3) is 0.864. The summed E-state index contributed by atoms with van der Waals surface area (Å²) >= 11 is 0. The summed E-state index contributed by atoms with van der Waals surface area (Å²) in [7, 11) is 0. The first kappa shape index (κ1) is 25.1. The summed E-state index contributed by atoms with van der Waals surface area (Å²) in [4.78, 5) is 11.8. The second-order valence-electron chi connectivity index (χ2n) is 7.57. The first-order valence-electron chi connectivity index (χ1n) is 10.8. The topological polar surface area (TPSA) is 83.6 Å². The van der Waals surface area contributed by atoms with Crippen LogP contribution in [-0.4, -0.2) is 29.3 Å². The molecule has 0 saturated carbocycles. The number of primary amides is 1. The van der Waals surface area contributed by atoms with Gasteiger partial charge in [0.2, 0.25) is 5.91 Å². The van der Waals surface area contributed by atoms with Gasteiger partial charge in [0.15, 0.2) is 0 Å². The van der Waals surface area contributed by atoms with Crippen molar-refractivity contribution < 1.29 is 15.0 Å². The van der Waals surface area contributed by atoms with Gasteiger partial charge in [-0.1, -0.05) is 70.4 Å². The second-order valence-corrected chi connectivity index (χ2v) is 7.57. The molecule has 4 heteroatoms. The lowest BCUT2D eigenvalue weighted by Gasteiger charge is -2.29. The van der Waals surface area contributed by atoms with E-state index in [-0.39, 0.29) is 13.2 Å². The van der Waals surface area contributed by atoms with Gasteiger partial charge in [0.1, 0.15) is 0 Å². The fourth-order valence-corrected chi connectivity index (χ4v) is 3.53. The summed E-state index contributed by atoms with van der Waals surface area (Å²) in [6, 6.07) is 0. The predicted molar refractivity (Wildman–Crippen MR) is 110 cm³/mol. The van der Waals surface area contributed by atoms with E-state index in [1.165, 1.54) is 51.4 Å². The molecule has 4 nitrogen and oxygen atoms in total. The van der Waals surface area contributed by atoms with Gasteiger partial charge in [-0.15, -0.1) is 0 Å². The Bertz CT molecular complexity index is 349. The van der Waals surface area contributed by atoms with Crippen molar-refractivity contribution in [2.75, 3.05) is 13.2 Å². The number of hydrogen-bond acceptors (Lipinski definition) is 3. The van der Waals surface area contributed by atoms with E-state index in [2.05, 4.69) is 19.1 Å². The van der Waals surface area contributed by atoms with Gasteiger partial charge in [0, 0.05) is 13.2 Å². The van der Waals surface area contributed by atoms with Crippen LogP contribution in [0.4, 0.5) is 0 Å². The van der Waals surface area contributed by atoms with Crippen LogP contribution < -0.4 is 5.73 Å². The van der Waals surface area contributed by atoms with Crippen LogP contribution in [0.3, 0.4) is 0 Å². The maximum Gasteiger partial charge on any atom is 0.223 e. The Morgan fingerprint density at radius 1 is 0.769 bits per heavy atom. The molecule has 0 radical (unpaired) electrons. The van der Waals surface area contributed by atoms with Crippen molar-refractivity contribution in [1.29, 1.82) is 0 Å². The van der Waals surface area contributed by atoms with Gasteiger partial charge >= 0.3 is 0 Å². The third kappa shape index (κ3) is 12.5. The molecular formula is C22H43NO3. The van der Waals surface area contributed by atoms with E-state index < -0.39 is 11.3 Å². The van der Waals surface area contributed by atoms with E-state index in [0.717, 1.165) is 25.7 Å². The molecular weight excluding hydrogens is 326 g/mol. The molecule has 0 spiro atoms. The zero-order valence-corrected chi connectivity index (χ0v) is 17.1. The molecule has 0 bridgehead atoms. The normalized spacial score (nSPS) is 12.1. The molecule has 0 unspecified atom stereocenters. The molecule has 0 aromatic carbocycles. The van der Waals surface area contributed by atoms with Gasteiger partial charge < -0.3 is 15.9 Å². The maximum atomic E-state index is 11.8. The van der Waals surface area contributed by atoms with E-state index >= 15 is 0 Å². The van der Waals surface area contributed by atoms with Crippen LogP contribution in [0.25, 0.3) is 0 Å². The summed E-state index contributed by atoms with van der Waals surface area (Å²) < 4.78 is 0. The van der Waals surface area contributed by atoms with Crippen LogP contribution in [0.5, 0.6) is 0 Å². The van der Waals surface area contributed by atoms with Gasteiger partial charge in [-0.25, -0.2) is 0 Å². The highest BCUT2D eigenvalue weighted by molar-refractivity contribution is 5.80. The number of rotatable bonds is 19. The van der Waals surface area contributed by atoms with E-state index in [1.807, 2.05) is 0 Å². The van der Waals surface area contributed by atoms with E-state index in [4.69, 9.17) is 5.73 Å². The van der Waals surface area contributed by atoms with Crippen molar-refractivity contribution in [1.82, 2.24) is 0 Å². The highest BCUT2D eigenvalue weighted by Crippen LogP contribution is 2.32. The minimum absolute atomic E-state index is 0.0632. The van der Waals surface area contributed by atoms with Crippen molar-refractivity contribution in [3.63, 3.8) is 0 Å². The number of nitrogens with two attached hydrogens (primary N) is 1. The summed E-state index contributed by atoms with van der Waals surface area (Å²) in [5.74, 6) is -0.391. The molecule has 0 aliphatic heterocycles. The number of carbonyl (C=O) groups excluding carboxylic acids is 1. The quantitative estimate of drug-likeness (QED) is 0.224. The number of aliphatic hydroxyl groups excluding tert-OH is 2. The number of amides is 1. The lowest BCUT2D eigenvalue weighted by Crippen LogP contribution is -2.39. The largest absolute Gasteiger partial charge is 0.396 e. The molecule has 0 heterocycles. The van der Waals surface area contributed by atoms with Crippen LogP contribution in [0, 0.1) is 5.41 Å². The first-order chi connectivity index (χ1) is 12.6. The molecule has 0 aliphatic carbocycles. The van der Waals surface area contributed by atoms with Crippen LogP contribution >= 0.6 is 0 Å². The Morgan fingerprint density at radius 2 is 1.23 bits per heavy atom. The smallest absolute Gasteiger partial charge is 0.223 e. The summed E-state index contributed by atoms with van der Waals surface area (Å²) in [5.41, 5.74) is 4.79. The molecule has 0 atom stereocenters. The molecule has 0 fully saturated rings. The van der Waals surface area contributed by atoms with Gasteiger partial charge in [-0.3, -0.25) is 4.79 Å². The maximum absolute atomic E-state index is 11.8. The third-order valence-electron chi connectivity index (χ3n) is 5.37. The Morgan fingerprint density at radius 3 is 1.69 bits per heavy atom. The van der Waals surface area contributed by atoms with E-state index in [9.17, 15) is 15.0 Å². The monoisotopic (exact) mass is 369 g/mol. The standard InChI is InChI=1S/C22H43NO3/c1-2-3-4-5-6-7-8-9-10-11-12-13-14-15-16-22(17-19-24,18-20-25)21(23)26/h9-10,24-25H,2-8,11-20H2,1H3,(H2,23,26)/b10-9-. The lowest BCUT2D eigenvalue weighted by molar-refractivity contribution is -0.130. The van der Waals surface area contributed by atoms with Gasteiger partial charge in [0.05, 0.1) is 5.41 Å². The van der Waals surface area contributed by atoms with Crippen molar-refractivity contribution in [2.24, 2.45) is 11.1 Å². The molecule has 0 saturated heterocycles. The zero-order valence-electron chi connectivity index (χ0n) is 17.1. The van der Waals surface area contributed by atoms with Crippen molar-refractivity contribution >= 4 is 5.91 Å². The minimum atomic E-state index is -0.736. The number of allylic oxidation sites excluding steroid dienone is 2. The molecule has 26 heavy (non-hydrogen) atoms. The fourth-order valence-electron chi connectivity index (χ4n) is 3.53. The molecule has 0 aliphatic rings. The first-order valence-corrected chi connectivity index (χ1v) is 10.8. The van der Waals surface area contributed by atoms with Crippen LogP contribution in [0.1, 0.15) is 103 Å². The van der Waals surface area contributed by atoms with Crippen LogP contribution in [0.15, 0.2) is 12.2 Å². The highest BCUT2D eigenvalue weighted by Gasteiger charge is 2.34. The summed E-state index contributed by atoms with van der Waals surface area (Å²) in [5, 5.41) is 18.4. The van der Waals surface area contributed by atoms with Crippen molar-refractivity contribution in [3.05, 3.63) is 12.2 Å². The number of aliphatic hydroxyl groups is 2. The average Bonchev–Trinajstić information content (AvgIpc) is 2.62. The number of hydrogen-bond donors (Lipinski definition) is 3. The Labute approximate surface area is 161 Å². The average molecular weight is 370 g/mol. The Balaban J connectivity index is 3.69. The van der Waals surface area contributed by atoms with Crippen molar-refractivity contribution in [3.8, 4) is 0 Å². The number of carbonyl (C=O) groups is 1.